The van der Waals surface area contributed by atoms with Gasteiger partial charge >= 0.3 is 12.4 Å². The highest BCUT2D eigenvalue weighted by Gasteiger charge is 2.36. The molecule has 3 N–H and O–H groups in total. The molecule has 0 unspecified atom stereocenters. The fourth-order valence-electron chi connectivity index (χ4n) is 3.85. The second-order valence-corrected chi connectivity index (χ2v) is 11.7. The van der Waals surface area contributed by atoms with E-state index in [1.54, 1.807) is 6.92 Å². The molecule has 0 aliphatic rings. The van der Waals surface area contributed by atoms with Gasteiger partial charge in [-0.15, -0.1) is 0 Å². The number of nitrogens with zero attached hydrogens (tertiary/aromatic N) is 3. The second kappa shape index (κ2) is 10.7. The highest BCUT2D eigenvalue weighted by Crippen LogP contribution is 2.35. The molecule has 42 heavy (non-hydrogen) atoms. The normalized spacial score (nSPS) is 13.0. The molecule has 9 nitrogen and oxygen atoms in total. The number of aromatic nitrogens is 3. The van der Waals surface area contributed by atoms with Crippen molar-refractivity contribution >= 4 is 27.3 Å². The number of alkyl halides is 6. The Labute approximate surface area is 235 Å². The van der Waals surface area contributed by atoms with Crippen LogP contribution in [0, 0.1) is 6.92 Å². The first-order valence-corrected chi connectivity index (χ1v) is 13.5. The number of nitrogens with one attached hydrogen (secondary N) is 2. The Balaban J connectivity index is 1.76. The van der Waals surface area contributed by atoms with Crippen molar-refractivity contribution in [1.82, 2.24) is 19.3 Å². The Kier molecular flexibility index (Phi) is 7.86. The smallest absolute Gasteiger partial charge is 0.394 e. The zero-order valence-electron chi connectivity index (χ0n) is 22.1. The number of rotatable bonds is 7. The molecule has 0 bridgehead atoms. The van der Waals surface area contributed by atoms with Gasteiger partial charge in [-0.3, -0.25) is 4.79 Å². The molecule has 224 valence electrons. The van der Waals surface area contributed by atoms with Gasteiger partial charge in [0.05, 0.1) is 34.5 Å². The number of hydrogen-bond acceptors (Lipinski definition) is 6. The molecule has 0 fully saturated rings. The van der Waals surface area contributed by atoms with E-state index in [0.717, 1.165) is 24.4 Å². The Morgan fingerprint density at radius 1 is 0.976 bits per heavy atom. The Morgan fingerprint density at radius 2 is 1.62 bits per heavy atom. The van der Waals surface area contributed by atoms with E-state index in [2.05, 4.69) is 20.1 Å². The number of aliphatic hydroxyl groups is 1. The molecular formula is C26H23F6N5O4S. The van der Waals surface area contributed by atoms with E-state index in [1.165, 1.54) is 26.0 Å². The summed E-state index contributed by atoms with van der Waals surface area (Å²) >= 11 is 0. The Hall–Kier alpha value is -4.02. The molecule has 2 heterocycles. The van der Waals surface area contributed by atoms with Crippen LogP contribution >= 0.6 is 0 Å². The van der Waals surface area contributed by atoms with Crippen molar-refractivity contribution in [2.45, 2.75) is 43.6 Å². The van der Waals surface area contributed by atoms with E-state index in [-0.39, 0.29) is 21.8 Å². The predicted octanol–water partition coefficient (Wildman–Crippen LogP) is 5.04. The number of carbonyl (C=O) groups is 1. The van der Waals surface area contributed by atoms with Crippen LogP contribution in [0.2, 0.25) is 0 Å². The summed E-state index contributed by atoms with van der Waals surface area (Å²) in [5.74, 6) is -0.975. The lowest BCUT2D eigenvalue weighted by Crippen LogP contribution is -2.46. The van der Waals surface area contributed by atoms with Gasteiger partial charge < -0.3 is 10.4 Å². The van der Waals surface area contributed by atoms with Crippen LogP contribution in [0.4, 0.5) is 32.0 Å². The van der Waals surface area contributed by atoms with E-state index in [9.17, 15) is 44.7 Å². The minimum atomic E-state index is -4.98. The average Bonchev–Trinajstić information content (AvgIpc) is 3.32. The summed E-state index contributed by atoms with van der Waals surface area (Å²) in [6.07, 6.45) is -8.80. The zero-order valence-corrected chi connectivity index (χ0v) is 22.9. The summed E-state index contributed by atoms with van der Waals surface area (Å²) in [5, 5.41) is 15.5. The lowest BCUT2D eigenvalue weighted by Gasteiger charge is -2.23. The van der Waals surface area contributed by atoms with E-state index in [1.807, 2.05) is 0 Å². The topological polar surface area (TPSA) is 126 Å². The molecule has 1 amide bonds. The van der Waals surface area contributed by atoms with Gasteiger partial charge in [0, 0.05) is 11.3 Å². The van der Waals surface area contributed by atoms with E-state index in [4.69, 9.17) is 0 Å². The van der Waals surface area contributed by atoms with Crippen LogP contribution in [0.25, 0.3) is 16.9 Å². The molecule has 16 heteroatoms. The predicted molar refractivity (Wildman–Crippen MR) is 139 cm³/mol. The molecule has 0 spiro atoms. The summed E-state index contributed by atoms with van der Waals surface area (Å²) in [6.45, 7) is 3.95. The van der Waals surface area contributed by atoms with Gasteiger partial charge in [0.25, 0.3) is 5.91 Å². The number of sulfonamides is 1. The van der Waals surface area contributed by atoms with Crippen molar-refractivity contribution in [2.75, 3.05) is 11.9 Å². The Morgan fingerprint density at radius 3 is 2.19 bits per heavy atom. The number of amides is 1. The van der Waals surface area contributed by atoms with Gasteiger partial charge in [-0.1, -0.05) is 18.2 Å². The molecule has 4 rings (SSSR count). The number of carbonyl (C=O) groups excluding carboxylic acids is 1. The van der Waals surface area contributed by atoms with Crippen LogP contribution in [0.3, 0.4) is 0 Å². The summed E-state index contributed by atoms with van der Waals surface area (Å²) in [5.41, 5.74) is -4.50. The fraction of sp³-hybridized carbons (Fsp3) is 0.269. The third kappa shape index (κ3) is 6.39. The van der Waals surface area contributed by atoms with Gasteiger partial charge in [0.2, 0.25) is 10.0 Å². The number of anilines is 1. The van der Waals surface area contributed by atoms with Crippen molar-refractivity contribution in [1.29, 1.82) is 0 Å². The van der Waals surface area contributed by atoms with Crippen LogP contribution in [0.15, 0.2) is 59.6 Å². The minimum absolute atomic E-state index is 0.0129. The molecule has 0 atom stereocenters. The average molecular weight is 616 g/mol. The van der Waals surface area contributed by atoms with Crippen LogP contribution in [-0.2, 0) is 22.4 Å². The molecule has 0 saturated heterocycles. The lowest BCUT2D eigenvalue weighted by molar-refractivity contribution is -0.142. The number of benzene rings is 2. The second-order valence-electron chi connectivity index (χ2n) is 9.97. The van der Waals surface area contributed by atoms with E-state index >= 15 is 0 Å². The van der Waals surface area contributed by atoms with E-state index < -0.39 is 62.9 Å². The van der Waals surface area contributed by atoms with Gasteiger partial charge in [0.1, 0.15) is 5.56 Å². The SMILES string of the molecule is Cc1ccc(S(=O)(=O)NC(C)(C)CO)cc1NC(=O)c1cnn2c(C(F)(F)F)cc(-c3ccc(C(F)(F)F)cc3)nc12. The number of fused-ring (bicyclic) bond motifs is 1. The summed E-state index contributed by atoms with van der Waals surface area (Å²) in [7, 11) is -4.15. The summed E-state index contributed by atoms with van der Waals surface area (Å²) in [4.78, 5) is 17.1. The van der Waals surface area contributed by atoms with Gasteiger partial charge in [-0.05, 0) is 56.7 Å². The maximum atomic E-state index is 13.9. The first-order valence-electron chi connectivity index (χ1n) is 12.0. The number of aryl methyl sites for hydroxylation is 1. The van der Waals surface area contributed by atoms with Crippen molar-refractivity contribution in [3.8, 4) is 11.3 Å². The molecule has 0 aliphatic heterocycles. The first-order chi connectivity index (χ1) is 19.3. The molecule has 0 aliphatic carbocycles. The van der Waals surface area contributed by atoms with Crippen LogP contribution in [0.5, 0.6) is 0 Å². The maximum Gasteiger partial charge on any atom is 0.433 e. The van der Waals surface area contributed by atoms with Crippen molar-refractivity contribution < 1.29 is 44.7 Å². The first kappa shape index (κ1) is 30.9. The molecule has 0 saturated carbocycles. The molecule has 2 aromatic carbocycles. The van der Waals surface area contributed by atoms with Crippen LogP contribution in [0.1, 0.15) is 41.0 Å². The number of halogens is 6. The number of hydrogen-bond donors (Lipinski definition) is 3. The fourth-order valence-corrected chi connectivity index (χ4v) is 5.28. The molecule has 0 radical (unpaired) electrons. The lowest BCUT2D eigenvalue weighted by atomic mass is 10.1. The van der Waals surface area contributed by atoms with Crippen molar-refractivity contribution in [3.05, 3.63) is 77.1 Å². The minimum Gasteiger partial charge on any atom is -0.394 e. The zero-order chi connectivity index (χ0) is 31.3. The van der Waals surface area contributed by atoms with Crippen molar-refractivity contribution in [2.24, 2.45) is 0 Å². The van der Waals surface area contributed by atoms with E-state index in [0.29, 0.717) is 28.3 Å². The molecular weight excluding hydrogens is 592 g/mol. The monoisotopic (exact) mass is 615 g/mol. The third-order valence-electron chi connectivity index (χ3n) is 6.09. The standard InChI is InChI=1S/C26H23F6N5O4S/c1-14-4-9-17(42(40,41)36-24(2,3)13-38)10-19(14)35-23(39)18-12-33-37-21(26(30,31)32)11-20(34-22(18)37)15-5-7-16(8-6-15)25(27,28)29/h4-12,36,38H,13H2,1-3H3,(H,35,39). The summed E-state index contributed by atoms with van der Waals surface area (Å²) < 4.78 is 109. The summed E-state index contributed by atoms with van der Waals surface area (Å²) in [6, 6.07) is 7.70. The van der Waals surface area contributed by atoms with Gasteiger partial charge in [-0.25, -0.2) is 22.6 Å². The molecule has 4 aromatic rings. The van der Waals surface area contributed by atoms with Gasteiger partial charge in [0.15, 0.2) is 11.3 Å². The number of aliphatic hydroxyl groups excluding tert-OH is 1. The highest BCUT2D eigenvalue weighted by molar-refractivity contribution is 7.89. The van der Waals surface area contributed by atoms with Crippen molar-refractivity contribution in [3.63, 3.8) is 0 Å². The quantitative estimate of drug-likeness (QED) is 0.250. The van der Waals surface area contributed by atoms with Crippen LogP contribution in [-0.4, -0.2) is 46.2 Å². The van der Waals surface area contributed by atoms with Crippen LogP contribution < -0.4 is 10.0 Å². The van der Waals surface area contributed by atoms with Gasteiger partial charge in [-0.2, -0.15) is 31.4 Å². The third-order valence-corrected chi connectivity index (χ3v) is 7.78. The maximum absolute atomic E-state index is 13.9. The Bertz CT molecular complexity index is 1760. The molecule has 2 aromatic heterocycles. The highest BCUT2D eigenvalue weighted by atomic mass is 32.2. The largest absolute Gasteiger partial charge is 0.433 e.